The van der Waals surface area contributed by atoms with Crippen LogP contribution >= 0.6 is 22.6 Å². The first-order valence-corrected chi connectivity index (χ1v) is 28.9. The van der Waals surface area contributed by atoms with Crippen LogP contribution in [-0.2, 0) is 52.7 Å². The average molecular weight is 1400 g/mol. The summed E-state index contributed by atoms with van der Waals surface area (Å²) in [6, 6.07) is 15.6. The van der Waals surface area contributed by atoms with Crippen molar-refractivity contribution in [3.8, 4) is 0 Å². The molecule has 14 N–H and O–H groups in total. The van der Waals surface area contributed by atoms with E-state index in [-0.39, 0.29) is 80.4 Å². The second-order valence-electron chi connectivity index (χ2n) is 18.8. The monoisotopic (exact) mass is 1400 g/mol. The molecule has 3 unspecified atom stereocenters. The zero-order valence-corrected chi connectivity index (χ0v) is 52.1. The van der Waals surface area contributed by atoms with Crippen LogP contribution in [0.4, 0.5) is 18.8 Å². The van der Waals surface area contributed by atoms with Crippen molar-refractivity contribution in [2.45, 2.75) is 128 Å². The molecule has 0 bridgehead atoms. The van der Waals surface area contributed by atoms with Crippen molar-refractivity contribution in [2.24, 2.45) is 0 Å². The van der Waals surface area contributed by atoms with Gasteiger partial charge in [0.2, 0.25) is 0 Å². The van der Waals surface area contributed by atoms with Crippen molar-refractivity contribution in [3.05, 3.63) is 104 Å². The third kappa shape index (κ3) is 51.8. The molecule has 31 nitrogen and oxygen atoms in total. The Hall–Kier alpha value is -9.97. The summed E-state index contributed by atoms with van der Waals surface area (Å²) in [5.74, 6) is -6.61. The number of carboxylic acid groups (broad SMARTS) is 5. The highest BCUT2D eigenvalue weighted by atomic mass is 127. The lowest BCUT2D eigenvalue weighted by atomic mass is 10.1. The maximum atomic E-state index is 12.8. The zero-order valence-electron chi connectivity index (χ0n) is 49.9. The first-order chi connectivity index (χ1) is 43.2. The Morgan fingerprint density at radius 2 is 0.670 bits per heavy atom. The van der Waals surface area contributed by atoms with Gasteiger partial charge < -0.3 is 73.4 Å². The van der Waals surface area contributed by atoms with Crippen LogP contribution in [0.5, 0.6) is 0 Å². The number of nitrogens with one attached hydrogen (secondary N) is 9. The lowest BCUT2D eigenvalue weighted by molar-refractivity contribution is -0.193. The maximum absolute atomic E-state index is 12.8. The Kier molecular flexibility index (Phi) is 51.8. The van der Waals surface area contributed by atoms with E-state index in [9.17, 15) is 57.1 Å². The summed E-state index contributed by atoms with van der Waals surface area (Å²) >= 11 is 2.17. The average Bonchev–Trinajstić information content (AvgIpc) is 3.54. The largest absolute Gasteiger partial charge is 0.481 e. The summed E-state index contributed by atoms with van der Waals surface area (Å²) in [5, 5.41) is 67.0. The summed E-state index contributed by atoms with van der Waals surface area (Å²) in [5.41, 5.74) is 2.76. The van der Waals surface area contributed by atoms with Crippen LogP contribution in [0.2, 0.25) is 0 Å². The molecule has 3 atom stereocenters. The summed E-state index contributed by atoms with van der Waals surface area (Å²) < 4.78 is 13.9. The first-order valence-electron chi connectivity index (χ1n) is 27.9. The minimum atomic E-state index is -1.30. The maximum Gasteiger partial charge on any atom is 0.373 e. The molecular formula is C58H77FIN9O22. The lowest BCUT2D eigenvalue weighted by Gasteiger charge is -2.14. The fourth-order valence-corrected chi connectivity index (χ4v) is 7.22. The van der Waals surface area contributed by atoms with Crippen LogP contribution in [0, 0.1) is 16.3 Å². The number of carbonyl (C=O) groups excluding carboxylic acids is 12. The van der Waals surface area contributed by atoms with E-state index in [0.717, 1.165) is 41.2 Å². The van der Waals surface area contributed by atoms with E-state index in [1.54, 1.807) is 19.1 Å². The molecule has 0 aliphatic heterocycles. The van der Waals surface area contributed by atoms with E-state index in [0.29, 0.717) is 88.1 Å². The summed E-state index contributed by atoms with van der Waals surface area (Å²) in [7, 11) is 0. The second kappa shape index (κ2) is 55.3. The number of unbranched alkanes of at least 4 members (excludes halogenated alkanes) is 6. The second-order valence-corrected chi connectivity index (χ2v) is 20.0. The predicted octanol–water partition coefficient (Wildman–Crippen LogP) is 3.85. The number of aliphatic carboxylic acids is 5. The molecular weight excluding hydrogens is 1320 g/mol. The Labute approximate surface area is 535 Å². The van der Waals surface area contributed by atoms with Crippen molar-refractivity contribution in [1.29, 1.82) is 0 Å². The number of amides is 9. The molecule has 3 rings (SSSR count). The number of benzene rings is 3. The van der Waals surface area contributed by atoms with Crippen LogP contribution in [-0.4, -0.2) is 167 Å². The quantitative estimate of drug-likeness (QED) is 0.0294. The molecule has 0 aliphatic carbocycles. The van der Waals surface area contributed by atoms with Gasteiger partial charge in [-0.3, -0.25) is 28.8 Å². The fraction of sp³-hybridized carbons (Fsp3) is 0.448. The Morgan fingerprint density at radius 3 is 0.967 bits per heavy atom. The highest BCUT2D eigenvalue weighted by molar-refractivity contribution is 14.1. The highest BCUT2D eigenvalue weighted by Crippen LogP contribution is 2.08. The molecule has 3 aromatic carbocycles. The predicted molar refractivity (Wildman–Crippen MR) is 323 cm³/mol. The molecule has 0 fully saturated rings. The van der Waals surface area contributed by atoms with E-state index in [2.05, 4.69) is 70.4 Å². The van der Waals surface area contributed by atoms with Crippen molar-refractivity contribution in [2.75, 3.05) is 39.3 Å². The number of hydrogen-bond acceptors (Lipinski definition) is 17. The van der Waals surface area contributed by atoms with Crippen LogP contribution in [0.1, 0.15) is 140 Å². The normalized spacial score (nSPS) is 10.5. The number of hydrogen-bond donors (Lipinski definition) is 14. The van der Waals surface area contributed by atoms with Crippen LogP contribution in [0.25, 0.3) is 0 Å². The fourth-order valence-electron chi connectivity index (χ4n) is 6.86. The Morgan fingerprint density at radius 1 is 0.407 bits per heavy atom. The van der Waals surface area contributed by atoms with Gasteiger partial charge in [-0.2, -0.15) is 28.8 Å². The molecule has 0 aromatic heterocycles. The van der Waals surface area contributed by atoms with Crippen molar-refractivity contribution in [3.63, 3.8) is 0 Å². The summed E-state index contributed by atoms with van der Waals surface area (Å²) in [6.07, 6.45) is 6.85. The van der Waals surface area contributed by atoms with Gasteiger partial charge in [0.05, 0.1) is 0 Å². The summed E-state index contributed by atoms with van der Waals surface area (Å²) in [4.78, 5) is 173. The molecule has 3 aromatic rings. The standard InChI is InChI=1S/C19H29N3O4.C18H24FN3O6.C18H24IN3O6.3CO2/c1-14-6-9-16(10-7-14)18(25)20-12-4-3-5-13-21-19(26)22-15(2)8-11-17(23)24;2*19-13-6-4-12(5-7-13)16(25)20-10-2-1-3-11-21-18(28)22-14(17(26)27)8-9-15(23)24;3*2-1-3/h6-7,9-10,15H,3-5,8,11-13H2,1-2H3,(H,20,25)(H,23,24)(H2,21,22,26);2*4-7,14H,1-3,8-11H2,(H,20,25)(H,23,24)(H,26,27)(H2,21,22,28);;;. The number of carbonyl (C=O) groups is 11. The molecule has 500 valence electrons. The SMILES string of the molecule is Cc1ccc(C(=O)NCCCCCNC(=O)NC(C)CCC(=O)O)cc1.O=C(O)CCC(NC(=O)NCCCCCNC(=O)c1ccc(F)cc1)C(=O)O.O=C(O)CCC(NC(=O)NCCCCCNC(=O)c1ccc(I)cc1)C(=O)O.O=C=O.O=C=O.O=C=O. The molecule has 91 heavy (non-hydrogen) atoms. The van der Waals surface area contributed by atoms with Crippen molar-refractivity contribution in [1.82, 2.24) is 47.9 Å². The molecule has 0 aliphatic rings. The van der Waals surface area contributed by atoms with E-state index < -0.39 is 59.8 Å². The number of urea groups is 3. The third-order valence-electron chi connectivity index (χ3n) is 11.5. The minimum Gasteiger partial charge on any atom is -0.481 e. The van der Waals surface area contributed by atoms with E-state index in [1.165, 1.54) is 24.3 Å². The van der Waals surface area contributed by atoms with Gasteiger partial charge in [0.15, 0.2) is 0 Å². The number of rotatable bonds is 35. The topological polar surface area (TPSA) is 500 Å². The smallest absolute Gasteiger partial charge is 0.373 e. The minimum absolute atomic E-state index is 0.0375. The Bertz CT molecular complexity index is 2650. The van der Waals surface area contributed by atoms with Gasteiger partial charge in [-0.15, -0.1) is 0 Å². The molecule has 9 amide bonds. The third-order valence-corrected chi connectivity index (χ3v) is 12.2. The van der Waals surface area contributed by atoms with E-state index >= 15 is 0 Å². The first kappa shape index (κ1) is 85.2. The van der Waals surface area contributed by atoms with Gasteiger partial charge in [0, 0.05) is 84.8 Å². The van der Waals surface area contributed by atoms with Crippen molar-refractivity contribution >= 4 is 107 Å². The van der Waals surface area contributed by atoms with Gasteiger partial charge in [-0.05, 0) is 174 Å². The van der Waals surface area contributed by atoms with Gasteiger partial charge in [0.1, 0.15) is 17.9 Å². The lowest BCUT2D eigenvalue weighted by Crippen LogP contribution is -2.46. The summed E-state index contributed by atoms with van der Waals surface area (Å²) in [6.45, 7) is 6.51. The van der Waals surface area contributed by atoms with Crippen LogP contribution < -0.4 is 47.9 Å². The number of aryl methyl sites for hydroxylation is 1. The molecule has 0 saturated carbocycles. The Balaban J connectivity index is -0.00000119. The molecule has 0 heterocycles. The molecule has 0 radical (unpaired) electrons. The molecule has 33 heteroatoms. The van der Waals surface area contributed by atoms with E-state index in [1.807, 2.05) is 43.3 Å². The van der Waals surface area contributed by atoms with Gasteiger partial charge in [0.25, 0.3) is 17.7 Å². The van der Waals surface area contributed by atoms with Gasteiger partial charge in [-0.25, -0.2) is 28.4 Å². The van der Waals surface area contributed by atoms with Gasteiger partial charge in [-0.1, -0.05) is 17.7 Å². The van der Waals surface area contributed by atoms with Crippen molar-refractivity contribution < 1.29 is 111 Å². The van der Waals surface area contributed by atoms with Crippen LogP contribution in [0.15, 0.2) is 72.8 Å². The highest BCUT2D eigenvalue weighted by Gasteiger charge is 2.22. The van der Waals surface area contributed by atoms with E-state index in [4.69, 9.17) is 54.3 Å². The van der Waals surface area contributed by atoms with Crippen LogP contribution in [0.3, 0.4) is 0 Å². The number of carboxylic acids is 5. The van der Waals surface area contributed by atoms with Gasteiger partial charge >= 0.3 is 66.4 Å². The molecule has 0 saturated heterocycles. The number of halogens is 2. The molecule has 0 spiro atoms. The zero-order chi connectivity index (χ0) is 69.4.